The average molecular weight is 418 g/mol. The van der Waals surface area contributed by atoms with Crippen molar-refractivity contribution in [2.24, 2.45) is 5.92 Å². The van der Waals surface area contributed by atoms with Crippen molar-refractivity contribution < 1.29 is 31.6 Å². The summed E-state index contributed by atoms with van der Waals surface area (Å²) in [4.78, 5) is 17.4. The summed E-state index contributed by atoms with van der Waals surface area (Å²) >= 11 is 0. The van der Waals surface area contributed by atoms with Gasteiger partial charge in [0.25, 0.3) is 0 Å². The third-order valence-electron chi connectivity index (χ3n) is 5.21. The van der Waals surface area contributed by atoms with Crippen LogP contribution < -0.4 is 0 Å². The molecule has 28 heavy (non-hydrogen) atoms. The number of halogens is 2. The van der Waals surface area contributed by atoms with Crippen molar-refractivity contribution in [2.75, 3.05) is 33.4 Å². The molecule has 2 fully saturated rings. The summed E-state index contributed by atoms with van der Waals surface area (Å²) in [6.07, 6.45) is 1.07. The number of ether oxygens (including phenoxy) is 1. The van der Waals surface area contributed by atoms with Crippen LogP contribution >= 0.6 is 0 Å². The molecule has 2 saturated heterocycles. The molecule has 0 spiro atoms. The first-order chi connectivity index (χ1) is 13.3. The van der Waals surface area contributed by atoms with Gasteiger partial charge in [-0.2, -0.15) is 5.06 Å². The molecule has 0 radical (unpaired) electrons. The Morgan fingerprint density at radius 2 is 2.11 bits per heavy atom. The van der Waals surface area contributed by atoms with Crippen LogP contribution in [0.25, 0.3) is 0 Å². The number of hydroxylamine groups is 2. The minimum Gasteiger partial charge on any atom is -0.466 e. The van der Waals surface area contributed by atoms with Gasteiger partial charge in [-0.15, -0.1) is 0 Å². The standard InChI is InChI=1S/C18H24F2N2O5S/c1-3-26-18(23)12-5-4-8-22(10-12)28(24,25)16-11-27-21(2)17(16)14-9-13(19)6-7-15(14)20/h6-7,9,12,16-17H,3-5,8,10-11H2,1-2H3. The van der Waals surface area contributed by atoms with E-state index in [1.165, 1.54) is 16.4 Å². The van der Waals surface area contributed by atoms with E-state index in [0.717, 1.165) is 18.2 Å². The minimum absolute atomic E-state index is 0.0136. The van der Waals surface area contributed by atoms with Crippen LogP contribution in [0.2, 0.25) is 0 Å². The molecule has 0 bridgehead atoms. The van der Waals surface area contributed by atoms with Gasteiger partial charge < -0.3 is 4.74 Å². The fourth-order valence-corrected chi connectivity index (χ4v) is 5.83. The molecule has 1 aromatic carbocycles. The SMILES string of the molecule is CCOC(=O)C1CCCN(S(=O)(=O)C2CON(C)C2c2cc(F)ccc2F)C1. The lowest BCUT2D eigenvalue weighted by Gasteiger charge is -2.34. The van der Waals surface area contributed by atoms with Gasteiger partial charge in [0.05, 0.1) is 25.2 Å². The van der Waals surface area contributed by atoms with Crippen molar-refractivity contribution in [3.8, 4) is 0 Å². The van der Waals surface area contributed by atoms with Crippen LogP contribution in [0.3, 0.4) is 0 Å². The summed E-state index contributed by atoms with van der Waals surface area (Å²) in [5, 5.41) is 0.127. The summed E-state index contributed by atoms with van der Waals surface area (Å²) in [6.45, 7) is 2.01. The number of rotatable bonds is 5. The number of piperidine rings is 1. The summed E-state index contributed by atoms with van der Waals surface area (Å²) < 4.78 is 60.9. The maximum atomic E-state index is 14.3. The van der Waals surface area contributed by atoms with Gasteiger partial charge in [-0.05, 0) is 38.0 Å². The third kappa shape index (κ3) is 4.05. The first-order valence-corrected chi connectivity index (χ1v) is 10.7. The number of sulfonamides is 1. The van der Waals surface area contributed by atoms with Gasteiger partial charge in [0, 0.05) is 25.7 Å². The monoisotopic (exact) mass is 418 g/mol. The first kappa shape index (κ1) is 21.1. The predicted molar refractivity (Wildman–Crippen MR) is 96.5 cm³/mol. The van der Waals surface area contributed by atoms with Crippen LogP contribution in [0.1, 0.15) is 31.4 Å². The van der Waals surface area contributed by atoms with Gasteiger partial charge in [0.15, 0.2) is 0 Å². The topological polar surface area (TPSA) is 76.1 Å². The molecule has 1 aromatic rings. The zero-order chi connectivity index (χ0) is 20.5. The number of hydrogen-bond donors (Lipinski definition) is 0. The first-order valence-electron chi connectivity index (χ1n) is 9.22. The van der Waals surface area contributed by atoms with E-state index in [1.54, 1.807) is 6.92 Å². The van der Waals surface area contributed by atoms with E-state index in [2.05, 4.69) is 0 Å². The molecule has 2 aliphatic heterocycles. The second-order valence-electron chi connectivity index (χ2n) is 6.99. The molecule has 3 unspecified atom stereocenters. The number of carbonyl (C=O) groups is 1. The average Bonchev–Trinajstić information content (AvgIpc) is 3.06. The van der Waals surface area contributed by atoms with Crippen LogP contribution in [0.4, 0.5) is 8.78 Å². The summed E-state index contributed by atoms with van der Waals surface area (Å²) in [6, 6.07) is 1.94. The van der Waals surface area contributed by atoms with Crippen molar-refractivity contribution in [1.29, 1.82) is 0 Å². The largest absolute Gasteiger partial charge is 0.466 e. The van der Waals surface area contributed by atoms with Crippen LogP contribution in [0.5, 0.6) is 0 Å². The Hall–Kier alpha value is -1.62. The van der Waals surface area contributed by atoms with E-state index in [-0.39, 0.29) is 31.9 Å². The number of benzene rings is 1. The molecule has 2 heterocycles. The summed E-state index contributed by atoms with van der Waals surface area (Å²) in [7, 11) is -2.44. The fraction of sp³-hybridized carbons (Fsp3) is 0.611. The van der Waals surface area contributed by atoms with Gasteiger partial charge in [0.2, 0.25) is 10.0 Å². The molecule has 0 amide bonds. The molecule has 0 aromatic heterocycles. The fourth-order valence-electron chi connectivity index (χ4n) is 3.80. The highest BCUT2D eigenvalue weighted by molar-refractivity contribution is 7.89. The van der Waals surface area contributed by atoms with Gasteiger partial charge in [-0.1, -0.05) is 0 Å². The maximum absolute atomic E-state index is 14.3. The summed E-state index contributed by atoms with van der Waals surface area (Å²) in [5.74, 6) is -2.32. The number of hydrogen-bond acceptors (Lipinski definition) is 6. The molecule has 3 rings (SSSR count). The minimum atomic E-state index is -3.93. The Morgan fingerprint density at radius 3 is 2.82 bits per heavy atom. The lowest BCUT2D eigenvalue weighted by Crippen LogP contribution is -2.48. The van der Waals surface area contributed by atoms with E-state index < -0.39 is 44.8 Å². The smallest absolute Gasteiger partial charge is 0.310 e. The normalized spacial score (nSPS) is 27.1. The van der Waals surface area contributed by atoms with Gasteiger partial charge in [-0.25, -0.2) is 21.5 Å². The lowest BCUT2D eigenvalue weighted by atomic mass is 10.0. The third-order valence-corrected chi connectivity index (χ3v) is 7.42. The van der Waals surface area contributed by atoms with Crippen LogP contribution in [-0.2, 0) is 24.4 Å². The molecule has 3 atom stereocenters. The molecule has 2 aliphatic rings. The quantitative estimate of drug-likeness (QED) is 0.680. The van der Waals surface area contributed by atoms with Crippen molar-refractivity contribution in [3.63, 3.8) is 0 Å². The van der Waals surface area contributed by atoms with E-state index >= 15 is 0 Å². The Bertz CT molecular complexity index is 835. The molecular weight excluding hydrogens is 394 g/mol. The molecule has 0 saturated carbocycles. The second kappa shape index (κ2) is 8.40. The number of carbonyl (C=O) groups excluding carboxylic acids is 1. The highest BCUT2D eigenvalue weighted by Crippen LogP contribution is 2.37. The van der Waals surface area contributed by atoms with Gasteiger partial charge in [0.1, 0.15) is 16.9 Å². The lowest BCUT2D eigenvalue weighted by molar-refractivity contribution is -0.149. The molecule has 156 valence electrons. The molecule has 0 N–H and O–H groups in total. The molecule has 7 nitrogen and oxygen atoms in total. The van der Waals surface area contributed by atoms with E-state index in [0.29, 0.717) is 12.8 Å². The van der Waals surface area contributed by atoms with Gasteiger partial charge in [-0.3, -0.25) is 9.63 Å². The van der Waals surface area contributed by atoms with E-state index in [1.807, 2.05) is 0 Å². The summed E-state index contributed by atoms with van der Waals surface area (Å²) in [5.41, 5.74) is -0.0764. The molecular formula is C18H24F2N2O5S. The maximum Gasteiger partial charge on any atom is 0.310 e. The van der Waals surface area contributed by atoms with Crippen molar-refractivity contribution in [1.82, 2.24) is 9.37 Å². The zero-order valence-corrected chi connectivity index (χ0v) is 16.6. The van der Waals surface area contributed by atoms with E-state index in [9.17, 15) is 22.0 Å². The molecule has 10 heteroatoms. The van der Waals surface area contributed by atoms with E-state index in [4.69, 9.17) is 9.57 Å². The van der Waals surface area contributed by atoms with Crippen LogP contribution in [0.15, 0.2) is 18.2 Å². The van der Waals surface area contributed by atoms with Crippen LogP contribution in [0, 0.1) is 17.6 Å². The Kier molecular flexibility index (Phi) is 6.33. The Labute approximate surface area is 163 Å². The Balaban J connectivity index is 1.87. The van der Waals surface area contributed by atoms with Crippen molar-refractivity contribution in [2.45, 2.75) is 31.1 Å². The highest BCUT2D eigenvalue weighted by Gasteiger charge is 2.48. The second-order valence-corrected chi connectivity index (χ2v) is 9.14. The number of esters is 1. The predicted octanol–water partition coefficient (Wildman–Crippen LogP) is 1.86. The highest BCUT2D eigenvalue weighted by atomic mass is 32.2. The van der Waals surface area contributed by atoms with Gasteiger partial charge >= 0.3 is 5.97 Å². The van der Waals surface area contributed by atoms with Crippen molar-refractivity contribution >= 4 is 16.0 Å². The molecule has 0 aliphatic carbocycles. The van der Waals surface area contributed by atoms with Crippen molar-refractivity contribution in [3.05, 3.63) is 35.4 Å². The Morgan fingerprint density at radius 1 is 1.36 bits per heavy atom. The zero-order valence-electron chi connectivity index (χ0n) is 15.8. The van der Waals surface area contributed by atoms with Crippen LogP contribution in [-0.4, -0.2) is 62.4 Å². The number of nitrogens with zero attached hydrogens (tertiary/aromatic N) is 2.